The molecule has 3 atom stereocenters. The summed E-state index contributed by atoms with van der Waals surface area (Å²) in [6.07, 6.45) is 9.10. The van der Waals surface area contributed by atoms with Gasteiger partial charge in [-0.3, -0.25) is 14.7 Å². The average Bonchev–Trinajstić information content (AvgIpc) is 3.13. The van der Waals surface area contributed by atoms with Crippen molar-refractivity contribution in [1.82, 2.24) is 20.1 Å². The first-order valence-electron chi connectivity index (χ1n) is 17.2. The van der Waals surface area contributed by atoms with Crippen molar-refractivity contribution in [3.8, 4) is 11.5 Å². The third kappa shape index (κ3) is 10.2. The first-order chi connectivity index (χ1) is 23.3. The van der Waals surface area contributed by atoms with E-state index < -0.39 is 0 Å². The van der Waals surface area contributed by atoms with E-state index in [0.717, 1.165) is 49.1 Å². The standard InChI is InChI=1S/C38H51N5O5/c1-27-22-43(28(2)25-47-26-30-10-13-34(46-4)14-11-30)37(44)21-31-20-33(41-38(45)40-32-8-6-5-7-9-32)12-15-35(31)48-36(27)24-42(3)23-29-16-18-39-19-17-29/h10-20,27-28,32,36H,5-9,21-26H2,1-4H3,(H2,40,41,45)/t27-,28?,36+/m1/s1. The number of rotatable bonds is 12. The molecule has 2 N–H and O–H groups in total. The Morgan fingerprint density at radius 2 is 1.81 bits per heavy atom. The molecule has 3 amide bonds. The molecule has 1 aromatic heterocycles. The van der Waals surface area contributed by atoms with Gasteiger partial charge in [-0.15, -0.1) is 0 Å². The van der Waals surface area contributed by atoms with Crippen molar-refractivity contribution < 1.29 is 23.8 Å². The predicted octanol–water partition coefficient (Wildman–Crippen LogP) is 6.05. The van der Waals surface area contributed by atoms with Crippen LogP contribution < -0.4 is 20.1 Å². The van der Waals surface area contributed by atoms with E-state index in [1.165, 1.54) is 12.0 Å². The van der Waals surface area contributed by atoms with Crippen LogP contribution in [0.4, 0.5) is 10.5 Å². The number of pyridine rings is 1. The molecule has 0 saturated heterocycles. The van der Waals surface area contributed by atoms with Crippen LogP contribution in [0.15, 0.2) is 67.0 Å². The van der Waals surface area contributed by atoms with Gasteiger partial charge in [0.25, 0.3) is 0 Å². The third-order valence-corrected chi connectivity index (χ3v) is 9.33. The molecule has 2 aliphatic rings. The fourth-order valence-electron chi connectivity index (χ4n) is 6.56. The quantitative estimate of drug-likeness (QED) is 0.244. The second-order valence-electron chi connectivity index (χ2n) is 13.4. The van der Waals surface area contributed by atoms with Crippen LogP contribution in [-0.4, -0.2) is 78.8 Å². The van der Waals surface area contributed by atoms with Gasteiger partial charge in [0, 0.05) is 55.2 Å². The molecule has 10 nitrogen and oxygen atoms in total. The summed E-state index contributed by atoms with van der Waals surface area (Å²) < 4.78 is 18.1. The number of ether oxygens (including phenoxy) is 3. The molecule has 1 aliphatic carbocycles. The van der Waals surface area contributed by atoms with Gasteiger partial charge in [0.05, 0.1) is 32.8 Å². The highest BCUT2D eigenvalue weighted by Gasteiger charge is 2.31. The molecular formula is C38H51N5O5. The first-order valence-corrected chi connectivity index (χ1v) is 17.2. The molecule has 2 heterocycles. The van der Waals surface area contributed by atoms with Crippen LogP contribution in [-0.2, 0) is 29.1 Å². The molecular weight excluding hydrogens is 606 g/mol. The zero-order valence-electron chi connectivity index (χ0n) is 28.8. The minimum absolute atomic E-state index is 0.00171. The summed E-state index contributed by atoms with van der Waals surface area (Å²) in [5.74, 6) is 1.50. The molecule has 1 unspecified atom stereocenters. The number of anilines is 1. The zero-order valence-corrected chi connectivity index (χ0v) is 28.8. The number of nitrogens with one attached hydrogen (secondary N) is 2. The van der Waals surface area contributed by atoms with E-state index in [4.69, 9.17) is 14.2 Å². The number of amides is 3. The monoisotopic (exact) mass is 657 g/mol. The Balaban J connectivity index is 1.32. The fraction of sp³-hybridized carbons (Fsp3) is 0.500. The lowest BCUT2D eigenvalue weighted by atomic mass is 9.96. The number of methoxy groups -OCH3 is 1. The van der Waals surface area contributed by atoms with E-state index in [0.29, 0.717) is 37.7 Å². The first kappa shape index (κ1) is 35.2. The highest BCUT2D eigenvalue weighted by Crippen LogP contribution is 2.30. The molecule has 1 fully saturated rings. The summed E-state index contributed by atoms with van der Waals surface area (Å²) in [5, 5.41) is 6.11. The molecule has 258 valence electrons. The van der Waals surface area contributed by atoms with Crippen LogP contribution in [0.25, 0.3) is 0 Å². The molecule has 10 heteroatoms. The number of benzene rings is 2. The molecule has 0 bridgehead atoms. The maximum Gasteiger partial charge on any atom is 0.319 e. The highest BCUT2D eigenvalue weighted by molar-refractivity contribution is 5.90. The van der Waals surface area contributed by atoms with Crippen molar-refractivity contribution in [2.24, 2.45) is 5.92 Å². The summed E-state index contributed by atoms with van der Waals surface area (Å²) in [7, 11) is 3.73. The van der Waals surface area contributed by atoms with Crippen molar-refractivity contribution in [3.05, 3.63) is 83.7 Å². The second kappa shape index (κ2) is 17.3. The predicted molar refractivity (Wildman–Crippen MR) is 187 cm³/mol. The summed E-state index contributed by atoms with van der Waals surface area (Å²) in [5.41, 5.74) is 3.60. The molecule has 1 saturated carbocycles. The van der Waals surface area contributed by atoms with E-state index in [-0.39, 0.29) is 42.5 Å². The molecule has 2 aromatic carbocycles. The Bertz CT molecular complexity index is 1460. The van der Waals surface area contributed by atoms with Gasteiger partial charge >= 0.3 is 6.03 Å². The number of nitrogens with zero attached hydrogens (tertiary/aromatic N) is 3. The highest BCUT2D eigenvalue weighted by atomic mass is 16.5. The Labute approximate surface area is 285 Å². The Morgan fingerprint density at radius 1 is 1.06 bits per heavy atom. The van der Waals surface area contributed by atoms with Gasteiger partial charge < -0.3 is 29.7 Å². The second-order valence-corrected chi connectivity index (χ2v) is 13.4. The van der Waals surface area contributed by atoms with Crippen molar-refractivity contribution in [2.45, 2.75) is 83.7 Å². The van der Waals surface area contributed by atoms with E-state index in [1.807, 2.05) is 66.4 Å². The number of hydrogen-bond acceptors (Lipinski definition) is 7. The average molecular weight is 658 g/mol. The largest absolute Gasteiger partial charge is 0.497 e. The molecule has 3 aromatic rings. The minimum Gasteiger partial charge on any atom is -0.497 e. The number of likely N-dealkylation sites (N-methyl/N-ethyl adjacent to an activating group) is 1. The molecule has 1 aliphatic heterocycles. The Kier molecular flexibility index (Phi) is 12.7. The summed E-state index contributed by atoms with van der Waals surface area (Å²) in [4.78, 5) is 35.2. The van der Waals surface area contributed by atoms with Gasteiger partial charge in [0.2, 0.25) is 5.91 Å². The van der Waals surface area contributed by atoms with Gasteiger partial charge in [-0.2, -0.15) is 0 Å². The van der Waals surface area contributed by atoms with Crippen LogP contribution in [0.3, 0.4) is 0 Å². The maximum absolute atomic E-state index is 14.0. The van der Waals surface area contributed by atoms with Gasteiger partial charge in [0.1, 0.15) is 17.6 Å². The van der Waals surface area contributed by atoms with Crippen molar-refractivity contribution >= 4 is 17.6 Å². The molecule has 48 heavy (non-hydrogen) atoms. The zero-order chi connectivity index (χ0) is 33.9. The lowest BCUT2D eigenvalue weighted by Crippen LogP contribution is -2.47. The number of hydrogen-bond donors (Lipinski definition) is 2. The topological polar surface area (TPSA) is 105 Å². The Morgan fingerprint density at radius 3 is 2.54 bits per heavy atom. The molecule has 0 radical (unpaired) electrons. The van der Waals surface area contributed by atoms with Crippen LogP contribution in [0.2, 0.25) is 0 Å². The van der Waals surface area contributed by atoms with Crippen molar-refractivity contribution in [1.29, 1.82) is 0 Å². The fourth-order valence-corrected chi connectivity index (χ4v) is 6.56. The van der Waals surface area contributed by atoms with Crippen LogP contribution >= 0.6 is 0 Å². The lowest BCUT2D eigenvalue weighted by molar-refractivity contribution is -0.134. The van der Waals surface area contributed by atoms with E-state index >= 15 is 0 Å². The third-order valence-electron chi connectivity index (χ3n) is 9.33. The van der Waals surface area contributed by atoms with E-state index in [2.05, 4.69) is 34.5 Å². The van der Waals surface area contributed by atoms with Gasteiger partial charge in [0.15, 0.2) is 0 Å². The minimum atomic E-state index is -0.217. The van der Waals surface area contributed by atoms with Gasteiger partial charge in [-0.1, -0.05) is 38.3 Å². The van der Waals surface area contributed by atoms with Crippen LogP contribution in [0.1, 0.15) is 62.6 Å². The summed E-state index contributed by atoms with van der Waals surface area (Å²) >= 11 is 0. The van der Waals surface area contributed by atoms with Crippen LogP contribution in [0.5, 0.6) is 11.5 Å². The maximum atomic E-state index is 14.0. The SMILES string of the molecule is COc1ccc(COCC(C)N2C[C@@H](C)[C@H](CN(C)Cc3ccncc3)Oc3ccc(NC(=O)NC4CCCCC4)cc3CC2=O)cc1. The summed E-state index contributed by atoms with van der Waals surface area (Å²) in [6, 6.07) is 17.3. The van der Waals surface area contributed by atoms with E-state index in [9.17, 15) is 9.59 Å². The number of aromatic nitrogens is 1. The molecule has 5 rings (SSSR count). The van der Waals surface area contributed by atoms with Gasteiger partial charge in [-0.25, -0.2) is 4.79 Å². The van der Waals surface area contributed by atoms with E-state index in [1.54, 1.807) is 19.5 Å². The number of carbonyl (C=O) groups is 2. The lowest BCUT2D eigenvalue weighted by Gasteiger charge is -2.34. The normalized spacial score (nSPS) is 19.4. The van der Waals surface area contributed by atoms with Crippen LogP contribution in [0, 0.1) is 5.92 Å². The van der Waals surface area contributed by atoms with Gasteiger partial charge in [-0.05, 0) is 80.4 Å². The Hall–Kier alpha value is -4.15. The summed E-state index contributed by atoms with van der Waals surface area (Å²) in [6.45, 7) is 6.97. The van der Waals surface area contributed by atoms with Crippen molar-refractivity contribution in [3.63, 3.8) is 0 Å². The number of carbonyl (C=O) groups excluding carboxylic acids is 2. The molecule has 0 spiro atoms. The number of urea groups is 1. The van der Waals surface area contributed by atoms with Crippen molar-refractivity contribution in [2.75, 3.05) is 39.2 Å². The smallest absolute Gasteiger partial charge is 0.319 e. The number of fused-ring (bicyclic) bond motifs is 1.